The highest BCUT2D eigenvalue weighted by Crippen LogP contribution is 2.25. The van der Waals surface area contributed by atoms with Crippen molar-refractivity contribution in [2.75, 3.05) is 6.54 Å². The summed E-state index contributed by atoms with van der Waals surface area (Å²) < 4.78 is 0. The first-order chi connectivity index (χ1) is 5.38. The molecule has 0 spiro atoms. The zero-order valence-electron chi connectivity index (χ0n) is 6.34. The maximum Gasteiger partial charge on any atom is 0.241 e. The predicted molar refractivity (Wildman–Crippen MR) is 41.5 cm³/mol. The van der Waals surface area contributed by atoms with E-state index in [2.05, 4.69) is 16.9 Å². The number of amides is 1. The van der Waals surface area contributed by atoms with Crippen LogP contribution in [-0.4, -0.2) is 12.5 Å². The van der Waals surface area contributed by atoms with E-state index in [4.69, 9.17) is 0 Å². The second-order valence-corrected chi connectivity index (χ2v) is 3.16. The van der Waals surface area contributed by atoms with E-state index in [1.165, 1.54) is 0 Å². The molecule has 2 rings (SSSR count). The van der Waals surface area contributed by atoms with E-state index in [1.807, 2.05) is 6.08 Å². The number of hydrogen-bond acceptors (Lipinski definition) is 2. The van der Waals surface area contributed by atoms with Crippen molar-refractivity contribution in [3.63, 3.8) is 0 Å². The highest BCUT2D eigenvalue weighted by molar-refractivity contribution is 5.81. The molecule has 3 heteroatoms. The summed E-state index contributed by atoms with van der Waals surface area (Å²) >= 11 is 0. The molecule has 1 saturated heterocycles. The van der Waals surface area contributed by atoms with Crippen molar-refractivity contribution in [1.29, 1.82) is 0 Å². The minimum Gasteiger partial charge on any atom is -0.291 e. The minimum absolute atomic E-state index is 0.122. The van der Waals surface area contributed by atoms with Crippen molar-refractivity contribution in [2.45, 2.75) is 12.8 Å². The summed E-state index contributed by atoms with van der Waals surface area (Å²) in [5.41, 5.74) is 5.54. The Balaban J connectivity index is 2.16. The molecule has 3 nitrogen and oxygen atoms in total. The van der Waals surface area contributed by atoms with E-state index in [0.717, 1.165) is 19.4 Å². The van der Waals surface area contributed by atoms with Gasteiger partial charge in [0.2, 0.25) is 5.91 Å². The third-order valence-corrected chi connectivity index (χ3v) is 2.43. The van der Waals surface area contributed by atoms with Crippen LogP contribution >= 0.6 is 0 Å². The standard InChI is InChI=1S/C8H12N2O/c11-8-7-4-2-1-3-6(7)5-9-10-8/h2,4,6-7,9H,1,3,5H2,(H,10,11). The Labute approximate surface area is 65.8 Å². The number of fused-ring (bicyclic) bond motifs is 1. The Kier molecular flexibility index (Phi) is 1.66. The normalized spacial score (nSPS) is 36.2. The van der Waals surface area contributed by atoms with Crippen LogP contribution in [0.4, 0.5) is 0 Å². The van der Waals surface area contributed by atoms with E-state index in [1.54, 1.807) is 0 Å². The average molecular weight is 152 g/mol. The van der Waals surface area contributed by atoms with E-state index < -0.39 is 0 Å². The lowest BCUT2D eigenvalue weighted by atomic mass is 9.82. The van der Waals surface area contributed by atoms with Crippen LogP contribution in [0.15, 0.2) is 12.2 Å². The van der Waals surface area contributed by atoms with Gasteiger partial charge in [-0.3, -0.25) is 10.2 Å². The molecule has 1 amide bonds. The summed E-state index contributed by atoms with van der Waals surface area (Å²) in [6, 6.07) is 0. The van der Waals surface area contributed by atoms with Crippen LogP contribution in [-0.2, 0) is 4.79 Å². The van der Waals surface area contributed by atoms with Crippen molar-refractivity contribution in [3.8, 4) is 0 Å². The molecule has 2 unspecified atom stereocenters. The summed E-state index contributed by atoms with van der Waals surface area (Å²) in [7, 11) is 0. The third-order valence-electron chi connectivity index (χ3n) is 2.43. The molecule has 1 heterocycles. The van der Waals surface area contributed by atoms with Gasteiger partial charge in [-0.15, -0.1) is 0 Å². The lowest BCUT2D eigenvalue weighted by Crippen LogP contribution is -2.52. The molecule has 11 heavy (non-hydrogen) atoms. The molecule has 2 N–H and O–H groups in total. The lowest BCUT2D eigenvalue weighted by molar-refractivity contribution is -0.128. The summed E-state index contributed by atoms with van der Waals surface area (Å²) in [4.78, 5) is 11.2. The van der Waals surface area contributed by atoms with Crippen molar-refractivity contribution >= 4 is 5.91 Å². The van der Waals surface area contributed by atoms with Gasteiger partial charge in [-0.1, -0.05) is 12.2 Å². The zero-order chi connectivity index (χ0) is 7.68. The Morgan fingerprint density at radius 1 is 1.55 bits per heavy atom. The van der Waals surface area contributed by atoms with Crippen molar-refractivity contribution in [3.05, 3.63) is 12.2 Å². The van der Waals surface area contributed by atoms with Gasteiger partial charge >= 0.3 is 0 Å². The molecular formula is C8H12N2O. The van der Waals surface area contributed by atoms with Crippen LogP contribution in [0.3, 0.4) is 0 Å². The van der Waals surface area contributed by atoms with Gasteiger partial charge in [-0.25, -0.2) is 5.43 Å². The third kappa shape index (κ3) is 1.16. The van der Waals surface area contributed by atoms with Gasteiger partial charge in [0.25, 0.3) is 0 Å². The van der Waals surface area contributed by atoms with E-state index >= 15 is 0 Å². The van der Waals surface area contributed by atoms with Crippen LogP contribution in [0.25, 0.3) is 0 Å². The summed E-state index contributed by atoms with van der Waals surface area (Å²) in [5.74, 6) is 0.774. The lowest BCUT2D eigenvalue weighted by Gasteiger charge is -2.31. The fraction of sp³-hybridized carbons (Fsp3) is 0.625. The minimum atomic E-state index is 0.122. The van der Waals surface area contributed by atoms with E-state index in [9.17, 15) is 4.79 Å². The Bertz CT molecular complexity index is 200. The second-order valence-electron chi connectivity index (χ2n) is 3.16. The molecule has 0 radical (unpaired) electrons. The first-order valence-electron chi connectivity index (χ1n) is 4.07. The number of hydrazine groups is 1. The van der Waals surface area contributed by atoms with Crippen molar-refractivity contribution in [1.82, 2.24) is 10.9 Å². The summed E-state index contributed by atoms with van der Waals surface area (Å²) in [6.07, 6.45) is 6.40. The van der Waals surface area contributed by atoms with E-state index in [0.29, 0.717) is 5.92 Å². The smallest absolute Gasteiger partial charge is 0.241 e. The molecule has 60 valence electrons. The molecule has 1 fully saturated rings. The van der Waals surface area contributed by atoms with Crippen LogP contribution < -0.4 is 10.9 Å². The largest absolute Gasteiger partial charge is 0.291 e. The number of rotatable bonds is 0. The molecule has 0 aromatic heterocycles. The van der Waals surface area contributed by atoms with Crippen LogP contribution in [0.1, 0.15) is 12.8 Å². The predicted octanol–water partition coefficient (Wildman–Crippen LogP) is 0.203. The maximum atomic E-state index is 11.2. The van der Waals surface area contributed by atoms with Gasteiger partial charge < -0.3 is 0 Å². The average Bonchev–Trinajstić information content (AvgIpc) is 2.06. The van der Waals surface area contributed by atoms with Crippen molar-refractivity contribution in [2.24, 2.45) is 11.8 Å². The van der Waals surface area contributed by atoms with Crippen LogP contribution in [0, 0.1) is 11.8 Å². The van der Waals surface area contributed by atoms with Crippen LogP contribution in [0.2, 0.25) is 0 Å². The maximum absolute atomic E-state index is 11.2. The van der Waals surface area contributed by atoms with Gasteiger partial charge in [0.1, 0.15) is 0 Å². The second kappa shape index (κ2) is 2.66. The molecule has 2 aliphatic rings. The Hall–Kier alpha value is -0.830. The highest BCUT2D eigenvalue weighted by Gasteiger charge is 2.30. The Morgan fingerprint density at radius 2 is 2.45 bits per heavy atom. The zero-order valence-corrected chi connectivity index (χ0v) is 6.34. The molecule has 1 aliphatic carbocycles. The number of allylic oxidation sites excluding steroid dienone is 1. The van der Waals surface area contributed by atoms with Gasteiger partial charge in [-0.2, -0.15) is 0 Å². The Morgan fingerprint density at radius 3 is 3.27 bits per heavy atom. The molecule has 1 aliphatic heterocycles. The fourth-order valence-corrected chi connectivity index (χ4v) is 1.77. The number of nitrogens with one attached hydrogen (secondary N) is 2. The van der Waals surface area contributed by atoms with E-state index in [-0.39, 0.29) is 11.8 Å². The number of carbonyl (C=O) groups is 1. The fourth-order valence-electron chi connectivity index (χ4n) is 1.77. The van der Waals surface area contributed by atoms with Gasteiger partial charge in [0.15, 0.2) is 0 Å². The van der Waals surface area contributed by atoms with Gasteiger partial charge in [0.05, 0.1) is 5.92 Å². The molecule has 2 atom stereocenters. The summed E-state index contributed by atoms with van der Waals surface area (Å²) in [5, 5.41) is 0. The number of hydrogen-bond donors (Lipinski definition) is 2. The van der Waals surface area contributed by atoms with Crippen LogP contribution in [0.5, 0.6) is 0 Å². The summed E-state index contributed by atoms with van der Waals surface area (Å²) in [6.45, 7) is 0.917. The highest BCUT2D eigenvalue weighted by atomic mass is 16.2. The SMILES string of the molecule is O=C1NNCC2CCC=CC12. The molecular weight excluding hydrogens is 140 g/mol. The monoisotopic (exact) mass is 152 g/mol. The van der Waals surface area contributed by atoms with Gasteiger partial charge in [-0.05, 0) is 18.8 Å². The van der Waals surface area contributed by atoms with Crippen molar-refractivity contribution < 1.29 is 4.79 Å². The first-order valence-corrected chi connectivity index (χ1v) is 4.07. The topological polar surface area (TPSA) is 41.1 Å². The molecule has 0 aromatic rings. The first kappa shape index (κ1) is 6.85. The molecule has 0 bridgehead atoms. The van der Waals surface area contributed by atoms with Gasteiger partial charge in [0, 0.05) is 6.54 Å². The quantitative estimate of drug-likeness (QED) is 0.487. The molecule has 0 aromatic carbocycles. The number of carbonyl (C=O) groups excluding carboxylic acids is 1. The molecule has 0 saturated carbocycles.